The number of carboxylic acid groups (broad SMARTS) is 1. The molecule has 1 atom stereocenters. The molecule has 0 heterocycles. The van der Waals surface area contributed by atoms with Crippen molar-refractivity contribution in [3.63, 3.8) is 0 Å². The highest BCUT2D eigenvalue weighted by Crippen LogP contribution is 2.10. The number of rotatable bonds is 6. The molecule has 0 aliphatic heterocycles. The van der Waals surface area contributed by atoms with Crippen LogP contribution in [-0.4, -0.2) is 29.4 Å². The molecule has 6 nitrogen and oxygen atoms in total. The third-order valence-corrected chi connectivity index (χ3v) is 2.29. The Morgan fingerprint density at radius 2 is 1.94 bits per heavy atom. The number of hydrogen-bond acceptors (Lipinski definition) is 3. The Balaban J connectivity index is 2.71. The van der Waals surface area contributed by atoms with Crippen molar-refractivity contribution < 1.29 is 19.5 Å². The number of amides is 2. The van der Waals surface area contributed by atoms with E-state index in [0.29, 0.717) is 12.1 Å². The first-order chi connectivity index (χ1) is 8.52. The molecule has 96 valence electrons. The molecule has 2 amide bonds. The molecular weight excluding hydrogens is 236 g/mol. The van der Waals surface area contributed by atoms with Gasteiger partial charge in [0.1, 0.15) is 6.04 Å². The van der Waals surface area contributed by atoms with Crippen molar-refractivity contribution in [2.24, 2.45) is 0 Å². The largest absolute Gasteiger partial charge is 0.480 e. The second-order valence-electron chi connectivity index (χ2n) is 3.75. The lowest BCUT2D eigenvalue weighted by molar-refractivity contribution is -0.141. The second kappa shape index (κ2) is 6.39. The molecule has 0 saturated carbocycles. The quantitative estimate of drug-likeness (QED) is 0.636. The molecule has 0 saturated heterocycles. The number of carboxylic acids is 1. The highest BCUT2D eigenvalue weighted by atomic mass is 16.4. The van der Waals surface area contributed by atoms with Crippen LogP contribution in [0, 0.1) is 0 Å². The maximum absolute atomic E-state index is 10.9. The number of nitrogens with one attached hydrogen (secondary N) is 2. The predicted molar refractivity (Wildman–Crippen MR) is 65.1 cm³/mol. The smallest absolute Gasteiger partial charge is 0.326 e. The van der Waals surface area contributed by atoms with Crippen molar-refractivity contribution in [1.29, 1.82) is 0 Å². The van der Waals surface area contributed by atoms with Crippen LogP contribution in [0.2, 0.25) is 0 Å². The van der Waals surface area contributed by atoms with Crippen molar-refractivity contribution in [1.82, 2.24) is 5.32 Å². The van der Waals surface area contributed by atoms with E-state index in [9.17, 15) is 14.4 Å². The van der Waals surface area contributed by atoms with Gasteiger partial charge in [-0.3, -0.25) is 9.59 Å². The number of carbonyl (C=O) groups is 3. The summed E-state index contributed by atoms with van der Waals surface area (Å²) in [4.78, 5) is 32.0. The first-order valence-electron chi connectivity index (χ1n) is 5.32. The van der Waals surface area contributed by atoms with E-state index in [4.69, 9.17) is 5.11 Å². The van der Waals surface area contributed by atoms with Crippen molar-refractivity contribution in [3.8, 4) is 0 Å². The Labute approximate surface area is 104 Å². The van der Waals surface area contributed by atoms with E-state index in [1.54, 1.807) is 24.3 Å². The van der Waals surface area contributed by atoms with Gasteiger partial charge in [-0.25, -0.2) is 4.79 Å². The normalized spacial score (nSPS) is 11.4. The minimum absolute atomic E-state index is 0.191. The lowest BCUT2D eigenvalue weighted by Crippen LogP contribution is -2.41. The van der Waals surface area contributed by atoms with E-state index in [0.717, 1.165) is 5.56 Å². The topological polar surface area (TPSA) is 95.5 Å². The first-order valence-corrected chi connectivity index (χ1v) is 5.32. The van der Waals surface area contributed by atoms with Gasteiger partial charge in [0.25, 0.3) is 0 Å². The molecule has 3 N–H and O–H groups in total. The Morgan fingerprint density at radius 3 is 2.39 bits per heavy atom. The minimum atomic E-state index is -1.08. The van der Waals surface area contributed by atoms with Gasteiger partial charge in [0.2, 0.25) is 12.3 Å². The van der Waals surface area contributed by atoms with Crippen LogP contribution >= 0.6 is 0 Å². The van der Waals surface area contributed by atoms with Crippen molar-refractivity contribution in [2.45, 2.75) is 19.4 Å². The van der Waals surface area contributed by atoms with Gasteiger partial charge in [0, 0.05) is 19.0 Å². The first kappa shape index (κ1) is 13.7. The standard InChI is InChI=1S/C12H14N2O4/c1-8(16)14-11(12(17)18)6-9-2-4-10(5-3-9)13-7-15/h2-5,7,11H,6H2,1H3,(H,13,15)(H,14,16)(H,17,18). The molecule has 0 bridgehead atoms. The Morgan fingerprint density at radius 1 is 1.33 bits per heavy atom. The zero-order valence-corrected chi connectivity index (χ0v) is 9.84. The maximum Gasteiger partial charge on any atom is 0.326 e. The fourth-order valence-corrected chi connectivity index (χ4v) is 1.49. The third-order valence-electron chi connectivity index (χ3n) is 2.29. The van der Waals surface area contributed by atoms with E-state index < -0.39 is 12.0 Å². The van der Waals surface area contributed by atoms with Crippen LogP contribution in [0.25, 0.3) is 0 Å². The zero-order chi connectivity index (χ0) is 13.5. The van der Waals surface area contributed by atoms with Gasteiger partial charge in [-0.2, -0.15) is 0 Å². The van der Waals surface area contributed by atoms with Crippen LogP contribution in [0.1, 0.15) is 12.5 Å². The highest BCUT2D eigenvalue weighted by molar-refractivity contribution is 5.82. The number of carbonyl (C=O) groups excluding carboxylic acids is 2. The van der Waals surface area contributed by atoms with Crippen LogP contribution in [-0.2, 0) is 20.8 Å². The monoisotopic (exact) mass is 250 g/mol. The number of hydrogen-bond donors (Lipinski definition) is 3. The fraction of sp³-hybridized carbons (Fsp3) is 0.250. The summed E-state index contributed by atoms with van der Waals surface area (Å²) >= 11 is 0. The molecule has 1 aromatic carbocycles. The number of benzene rings is 1. The molecule has 0 spiro atoms. The van der Waals surface area contributed by atoms with E-state index in [1.807, 2.05) is 0 Å². The van der Waals surface area contributed by atoms with Gasteiger partial charge in [0.05, 0.1) is 0 Å². The maximum atomic E-state index is 10.9. The van der Waals surface area contributed by atoms with Crippen LogP contribution in [0.3, 0.4) is 0 Å². The third kappa shape index (κ3) is 4.25. The molecule has 1 aromatic rings. The van der Waals surface area contributed by atoms with E-state index in [1.165, 1.54) is 6.92 Å². The molecule has 1 unspecified atom stereocenters. The minimum Gasteiger partial charge on any atom is -0.480 e. The van der Waals surface area contributed by atoms with E-state index in [-0.39, 0.29) is 12.3 Å². The fourth-order valence-electron chi connectivity index (χ4n) is 1.49. The van der Waals surface area contributed by atoms with Crippen LogP contribution in [0.5, 0.6) is 0 Å². The van der Waals surface area contributed by atoms with E-state index >= 15 is 0 Å². The number of anilines is 1. The molecular formula is C12H14N2O4. The number of aliphatic carboxylic acids is 1. The molecule has 6 heteroatoms. The molecule has 0 radical (unpaired) electrons. The van der Waals surface area contributed by atoms with Crippen molar-refractivity contribution in [2.75, 3.05) is 5.32 Å². The lowest BCUT2D eigenvalue weighted by atomic mass is 10.1. The summed E-state index contributed by atoms with van der Waals surface area (Å²) < 4.78 is 0. The van der Waals surface area contributed by atoms with Gasteiger partial charge in [0.15, 0.2) is 0 Å². The molecule has 1 rings (SSSR count). The van der Waals surface area contributed by atoms with Crippen molar-refractivity contribution >= 4 is 24.0 Å². The van der Waals surface area contributed by atoms with Crippen molar-refractivity contribution in [3.05, 3.63) is 29.8 Å². The molecule has 0 aromatic heterocycles. The Kier molecular flexibility index (Phi) is 4.86. The summed E-state index contributed by atoms with van der Waals surface area (Å²) in [6.45, 7) is 1.27. The zero-order valence-electron chi connectivity index (χ0n) is 9.84. The van der Waals surface area contributed by atoms with Gasteiger partial charge in [-0.1, -0.05) is 12.1 Å². The Hall–Kier alpha value is -2.37. The van der Waals surface area contributed by atoms with Gasteiger partial charge in [-0.15, -0.1) is 0 Å². The Bertz CT molecular complexity index is 442. The summed E-state index contributed by atoms with van der Waals surface area (Å²) in [7, 11) is 0. The summed E-state index contributed by atoms with van der Waals surface area (Å²) in [6.07, 6.45) is 0.753. The predicted octanol–water partition coefficient (Wildman–Crippen LogP) is 0.387. The molecule has 18 heavy (non-hydrogen) atoms. The molecule has 0 aliphatic rings. The van der Waals surface area contributed by atoms with Gasteiger partial charge >= 0.3 is 5.97 Å². The van der Waals surface area contributed by atoms with Gasteiger partial charge < -0.3 is 15.7 Å². The average Bonchev–Trinajstić information content (AvgIpc) is 2.30. The van der Waals surface area contributed by atoms with Crippen LogP contribution in [0.15, 0.2) is 24.3 Å². The van der Waals surface area contributed by atoms with Crippen LogP contribution < -0.4 is 10.6 Å². The SMILES string of the molecule is CC(=O)NC(Cc1ccc(NC=O)cc1)C(=O)O. The average molecular weight is 250 g/mol. The van der Waals surface area contributed by atoms with E-state index in [2.05, 4.69) is 10.6 Å². The lowest BCUT2D eigenvalue weighted by Gasteiger charge is -2.13. The highest BCUT2D eigenvalue weighted by Gasteiger charge is 2.18. The van der Waals surface area contributed by atoms with Crippen LogP contribution in [0.4, 0.5) is 5.69 Å². The summed E-state index contributed by atoms with van der Waals surface area (Å²) in [5.74, 6) is -1.47. The second-order valence-corrected chi connectivity index (χ2v) is 3.75. The molecule has 0 aliphatic carbocycles. The summed E-state index contributed by atoms with van der Waals surface area (Å²) in [6, 6.07) is 5.77. The van der Waals surface area contributed by atoms with Gasteiger partial charge in [-0.05, 0) is 17.7 Å². The summed E-state index contributed by atoms with van der Waals surface area (Å²) in [5.41, 5.74) is 1.38. The molecule has 0 fully saturated rings. The summed E-state index contributed by atoms with van der Waals surface area (Å²) in [5, 5.41) is 13.8.